The number of carboxylic acids is 1. The molecule has 1 heterocycles. The van der Waals surface area contributed by atoms with Gasteiger partial charge in [0.1, 0.15) is 0 Å². The summed E-state index contributed by atoms with van der Waals surface area (Å²) in [6, 6.07) is 3.70. The highest BCUT2D eigenvalue weighted by atomic mass is 16.4. The zero-order chi connectivity index (χ0) is 15.0. The van der Waals surface area contributed by atoms with Gasteiger partial charge < -0.3 is 5.11 Å². The normalized spacial score (nSPS) is 10.8. The molecule has 2 aromatic rings. The minimum atomic E-state index is -0.887. The molecule has 0 atom stereocenters. The Morgan fingerprint density at radius 2 is 1.85 bits per heavy atom. The van der Waals surface area contributed by atoms with Crippen molar-refractivity contribution >= 4 is 5.97 Å². The number of hydrogen-bond donors (Lipinski definition) is 1. The molecule has 0 unspecified atom stereocenters. The van der Waals surface area contributed by atoms with E-state index in [1.54, 1.807) is 6.07 Å². The standard InChI is InChI=1S/C16H20N2O2/c1-6-18-12(5)15(11(4)17-18)13-8-14(16(19)20)10(3)7-9(13)2/h7-8H,6H2,1-5H3,(H,19,20). The summed E-state index contributed by atoms with van der Waals surface area (Å²) in [4.78, 5) is 11.3. The van der Waals surface area contributed by atoms with Crippen molar-refractivity contribution in [2.75, 3.05) is 0 Å². The van der Waals surface area contributed by atoms with Crippen molar-refractivity contribution in [2.24, 2.45) is 0 Å². The lowest BCUT2D eigenvalue weighted by Gasteiger charge is -2.11. The van der Waals surface area contributed by atoms with Gasteiger partial charge in [0.2, 0.25) is 0 Å². The highest BCUT2D eigenvalue weighted by Gasteiger charge is 2.17. The molecule has 2 rings (SSSR count). The predicted octanol–water partition coefficient (Wildman–Crippen LogP) is 3.50. The molecule has 1 N–H and O–H groups in total. The Labute approximate surface area is 119 Å². The van der Waals surface area contributed by atoms with Gasteiger partial charge in [0.25, 0.3) is 0 Å². The van der Waals surface area contributed by atoms with Gasteiger partial charge in [-0.25, -0.2) is 4.79 Å². The molecule has 4 nitrogen and oxygen atoms in total. The number of nitrogens with zero attached hydrogens (tertiary/aromatic N) is 2. The lowest BCUT2D eigenvalue weighted by molar-refractivity contribution is 0.0696. The van der Waals surface area contributed by atoms with Gasteiger partial charge in [-0.15, -0.1) is 0 Å². The van der Waals surface area contributed by atoms with Gasteiger partial charge in [-0.2, -0.15) is 5.10 Å². The van der Waals surface area contributed by atoms with Crippen LogP contribution in [-0.2, 0) is 6.54 Å². The summed E-state index contributed by atoms with van der Waals surface area (Å²) in [5.41, 5.74) is 6.25. The van der Waals surface area contributed by atoms with Crippen LogP contribution in [0.25, 0.3) is 11.1 Å². The number of benzene rings is 1. The van der Waals surface area contributed by atoms with Crippen molar-refractivity contribution in [1.29, 1.82) is 0 Å². The SMILES string of the molecule is CCn1nc(C)c(-c2cc(C(=O)O)c(C)cc2C)c1C. The first-order valence-corrected chi connectivity index (χ1v) is 6.75. The average molecular weight is 272 g/mol. The van der Waals surface area contributed by atoms with Crippen LogP contribution in [0.15, 0.2) is 12.1 Å². The van der Waals surface area contributed by atoms with Crippen LogP contribution in [0.5, 0.6) is 0 Å². The summed E-state index contributed by atoms with van der Waals surface area (Å²) in [5.74, 6) is -0.887. The quantitative estimate of drug-likeness (QED) is 0.930. The second-order valence-corrected chi connectivity index (χ2v) is 5.15. The molecule has 20 heavy (non-hydrogen) atoms. The molecule has 0 aliphatic heterocycles. The van der Waals surface area contributed by atoms with Crippen LogP contribution < -0.4 is 0 Å². The van der Waals surface area contributed by atoms with Gasteiger partial charge in [-0.3, -0.25) is 4.68 Å². The lowest BCUT2D eigenvalue weighted by Crippen LogP contribution is -2.02. The molecule has 0 aliphatic carbocycles. The predicted molar refractivity (Wildman–Crippen MR) is 79.2 cm³/mol. The first kappa shape index (κ1) is 14.3. The zero-order valence-electron chi connectivity index (χ0n) is 12.6. The van der Waals surface area contributed by atoms with Crippen LogP contribution in [-0.4, -0.2) is 20.9 Å². The molecule has 0 radical (unpaired) electrons. The summed E-state index contributed by atoms with van der Waals surface area (Å²) in [5, 5.41) is 13.8. The summed E-state index contributed by atoms with van der Waals surface area (Å²) in [6.45, 7) is 10.7. The molecule has 0 saturated carbocycles. The Hall–Kier alpha value is -2.10. The minimum Gasteiger partial charge on any atom is -0.478 e. The second-order valence-electron chi connectivity index (χ2n) is 5.15. The van der Waals surface area contributed by atoms with E-state index in [0.29, 0.717) is 5.56 Å². The van der Waals surface area contributed by atoms with Gasteiger partial charge in [-0.1, -0.05) is 6.07 Å². The van der Waals surface area contributed by atoms with E-state index in [0.717, 1.165) is 40.2 Å². The van der Waals surface area contributed by atoms with Crippen LogP contribution in [0.1, 0.15) is 39.8 Å². The number of carboxylic acid groups (broad SMARTS) is 1. The number of aromatic nitrogens is 2. The average Bonchev–Trinajstić information content (AvgIpc) is 2.65. The number of aryl methyl sites for hydroxylation is 4. The highest BCUT2D eigenvalue weighted by Crippen LogP contribution is 2.31. The monoisotopic (exact) mass is 272 g/mol. The Bertz CT molecular complexity index is 684. The summed E-state index contributed by atoms with van der Waals surface area (Å²) in [6.07, 6.45) is 0. The van der Waals surface area contributed by atoms with Gasteiger partial charge in [0.15, 0.2) is 0 Å². The third-order valence-corrected chi connectivity index (χ3v) is 3.75. The zero-order valence-corrected chi connectivity index (χ0v) is 12.6. The van der Waals surface area contributed by atoms with Gasteiger partial charge in [-0.05, 0) is 57.4 Å². The van der Waals surface area contributed by atoms with Crippen molar-refractivity contribution in [2.45, 2.75) is 41.2 Å². The fourth-order valence-corrected chi connectivity index (χ4v) is 2.75. The first-order valence-electron chi connectivity index (χ1n) is 6.75. The molecule has 0 saturated heterocycles. The van der Waals surface area contributed by atoms with Crippen LogP contribution >= 0.6 is 0 Å². The van der Waals surface area contributed by atoms with Crippen molar-refractivity contribution in [3.63, 3.8) is 0 Å². The molecule has 0 bridgehead atoms. The summed E-state index contributed by atoms with van der Waals surface area (Å²) in [7, 11) is 0. The molecule has 1 aromatic heterocycles. The Kier molecular flexibility index (Phi) is 3.66. The molecule has 106 valence electrons. The van der Waals surface area contributed by atoms with Gasteiger partial charge in [0, 0.05) is 17.8 Å². The van der Waals surface area contributed by atoms with Crippen molar-refractivity contribution in [3.8, 4) is 11.1 Å². The number of aromatic carboxylic acids is 1. The summed E-state index contributed by atoms with van der Waals surface area (Å²) >= 11 is 0. The van der Waals surface area contributed by atoms with Crippen LogP contribution in [0.2, 0.25) is 0 Å². The van der Waals surface area contributed by atoms with Gasteiger partial charge >= 0.3 is 5.97 Å². The molecule has 0 aliphatic rings. The van der Waals surface area contributed by atoms with E-state index in [4.69, 9.17) is 0 Å². The maximum absolute atomic E-state index is 11.3. The van der Waals surface area contributed by atoms with E-state index in [1.807, 2.05) is 45.4 Å². The maximum Gasteiger partial charge on any atom is 0.335 e. The Morgan fingerprint density at radius 3 is 2.35 bits per heavy atom. The fourth-order valence-electron chi connectivity index (χ4n) is 2.75. The van der Waals surface area contributed by atoms with E-state index >= 15 is 0 Å². The van der Waals surface area contributed by atoms with Gasteiger partial charge in [0.05, 0.1) is 11.3 Å². The third-order valence-electron chi connectivity index (χ3n) is 3.75. The molecular formula is C16H20N2O2. The van der Waals surface area contributed by atoms with Crippen LogP contribution in [0, 0.1) is 27.7 Å². The summed E-state index contributed by atoms with van der Waals surface area (Å²) < 4.78 is 1.95. The molecule has 0 amide bonds. The highest BCUT2D eigenvalue weighted by molar-refractivity contribution is 5.92. The maximum atomic E-state index is 11.3. The fraction of sp³-hybridized carbons (Fsp3) is 0.375. The molecule has 0 fully saturated rings. The van der Waals surface area contributed by atoms with E-state index in [9.17, 15) is 9.90 Å². The van der Waals surface area contributed by atoms with Crippen LogP contribution in [0.3, 0.4) is 0 Å². The van der Waals surface area contributed by atoms with E-state index in [-0.39, 0.29) is 0 Å². The van der Waals surface area contributed by atoms with E-state index < -0.39 is 5.97 Å². The largest absolute Gasteiger partial charge is 0.478 e. The number of hydrogen-bond acceptors (Lipinski definition) is 2. The Morgan fingerprint density at radius 1 is 1.20 bits per heavy atom. The smallest absolute Gasteiger partial charge is 0.335 e. The van der Waals surface area contributed by atoms with Crippen molar-refractivity contribution < 1.29 is 9.90 Å². The van der Waals surface area contributed by atoms with Crippen molar-refractivity contribution in [1.82, 2.24) is 9.78 Å². The van der Waals surface area contributed by atoms with E-state index in [1.165, 1.54) is 0 Å². The third kappa shape index (κ3) is 2.22. The molecule has 1 aromatic carbocycles. The lowest BCUT2D eigenvalue weighted by atomic mass is 9.94. The molecule has 0 spiro atoms. The van der Waals surface area contributed by atoms with E-state index in [2.05, 4.69) is 5.10 Å². The Balaban J connectivity index is 2.73. The first-order chi connectivity index (χ1) is 9.36. The molecular weight excluding hydrogens is 252 g/mol. The van der Waals surface area contributed by atoms with Crippen LogP contribution in [0.4, 0.5) is 0 Å². The topological polar surface area (TPSA) is 55.1 Å². The van der Waals surface area contributed by atoms with Crippen molar-refractivity contribution in [3.05, 3.63) is 40.2 Å². The number of carbonyl (C=O) groups is 1. The molecule has 4 heteroatoms. The minimum absolute atomic E-state index is 0.355. The second kappa shape index (κ2) is 5.12. The number of rotatable bonds is 3.